The molecule has 0 N–H and O–H groups in total. The van der Waals surface area contributed by atoms with E-state index < -0.39 is 0 Å². The van der Waals surface area contributed by atoms with Crippen LogP contribution in [0.4, 0.5) is 34.1 Å². The van der Waals surface area contributed by atoms with E-state index >= 15 is 0 Å². The average molecular weight is 1210 g/mol. The lowest BCUT2D eigenvalue weighted by atomic mass is 9.33. The minimum atomic E-state index is -0.140. The Morgan fingerprint density at radius 2 is 0.474 bits per heavy atom. The molecule has 0 unspecified atom stereocenters. The second-order valence-electron chi connectivity index (χ2n) is 24.8. The van der Waals surface area contributed by atoms with Crippen molar-refractivity contribution in [3.63, 3.8) is 0 Å². The summed E-state index contributed by atoms with van der Waals surface area (Å²) >= 11 is 0. The van der Waals surface area contributed by atoms with Crippen LogP contribution in [0.2, 0.25) is 0 Å². The molecule has 17 aromatic rings. The van der Waals surface area contributed by atoms with Crippen LogP contribution in [0.15, 0.2) is 355 Å². The van der Waals surface area contributed by atoms with Gasteiger partial charge in [-0.3, -0.25) is 0 Å². The van der Waals surface area contributed by atoms with Gasteiger partial charge in [0.05, 0.1) is 11.4 Å². The highest BCUT2D eigenvalue weighted by Gasteiger charge is 2.45. The highest BCUT2D eigenvalue weighted by Crippen LogP contribution is 2.56. The highest BCUT2D eigenvalue weighted by molar-refractivity contribution is 7.00. The van der Waals surface area contributed by atoms with E-state index in [1.54, 1.807) is 0 Å². The zero-order valence-electron chi connectivity index (χ0n) is 51.7. The number of nitrogens with zero attached hydrogens (tertiary/aromatic N) is 2. The molecule has 0 radical (unpaired) electrons. The van der Waals surface area contributed by atoms with Gasteiger partial charge in [0.25, 0.3) is 6.71 Å². The van der Waals surface area contributed by atoms with Crippen molar-refractivity contribution in [1.29, 1.82) is 0 Å². The fourth-order valence-corrected chi connectivity index (χ4v) is 15.8. The average Bonchev–Trinajstić information content (AvgIpc) is 1.28. The first-order chi connectivity index (χ1) is 47.2. The summed E-state index contributed by atoms with van der Waals surface area (Å²) in [5, 5.41) is 4.39. The molecule has 2 aromatic heterocycles. The van der Waals surface area contributed by atoms with Crippen molar-refractivity contribution in [1.82, 2.24) is 0 Å². The summed E-state index contributed by atoms with van der Waals surface area (Å²) in [5.74, 6) is 0. The van der Waals surface area contributed by atoms with E-state index in [0.29, 0.717) is 0 Å². The molecule has 0 spiro atoms. The lowest BCUT2D eigenvalue weighted by Gasteiger charge is -2.45. The molecule has 19 rings (SSSR count). The predicted molar refractivity (Wildman–Crippen MR) is 399 cm³/mol. The molecule has 2 aliphatic heterocycles. The Bertz CT molecular complexity index is 5550. The molecule has 5 heteroatoms. The van der Waals surface area contributed by atoms with Crippen LogP contribution in [0.3, 0.4) is 0 Å². The lowest BCUT2D eigenvalue weighted by Crippen LogP contribution is -2.61. The Morgan fingerprint density at radius 1 is 0.200 bits per heavy atom. The molecular formula is C90H57BN2O2. The number of benzene rings is 15. The topological polar surface area (TPSA) is 32.8 Å². The third-order valence-electron chi connectivity index (χ3n) is 19.8. The maximum Gasteiger partial charge on any atom is 0.252 e. The Kier molecular flexibility index (Phi) is 12.7. The van der Waals surface area contributed by atoms with E-state index in [1.165, 1.54) is 16.4 Å². The first kappa shape index (κ1) is 54.3. The van der Waals surface area contributed by atoms with Gasteiger partial charge in [0.1, 0.15) is 22.3 Å². The van der Waals surface area contributed by atoms with Crippen LogP contribution in [-0.2, 0) is 0 Å². The van der Waals surface area contributed by atoms with E-state index in [-0.39, 0.29) is 6.71 Å². The normalized spacial score (nSPS) is 12.4. The molecule has 0 bridgehead atoms. The highest BCUT2D eigenvalue weighted by atomic mass is 16.3. The molecule has 2 aliphatic rings. The molecule has 95 heavy (non-hydrogen) atoms. The van der Waals surface area contributed by atoms with Gasteiger partial charge in [-0.05, 0) is 132 Å². The van der Waals surface area contributed by atoms with Crippen LogP contribution >= 0.6 is 0 Å². The number of anilines is 6. The van der Waals surface area contributed by atoms with Gasteiger partial charge in [-0.25, -0.2) is 0 Å². The number of hydrogen-bond donors (Lipinski definition) is 0. The molecule has 0 saturated heterocycles. The Labute approximate surface area is 551 Å². The van der Waals surface area contributed by atoms with E-state index in [2.05, 4.69) is 356 Å². The van der Waals surface area contributed by atoms with E-state index in [4.69, 9.17) is 8.83 Å². The van der Waals surface area contributed by atoms with Crippen molar-refractivity contribution in [2.75, 3.05) is 9.80 Å². The number of hydrogen-bond acceptors (Lipinski definition) is 4. The van der Waals surface area contributed by atoms with Crippen LogP contribution < -0.4 is 26.2 Å². The van der Waals surface area contributed by atoms with Crippen molar-refractivity contribution in [3.05, 3.63) is 346 Å². The SMILES string of the molecule is c1ccc(-c2ccccc2-c2cccc(-c3ccccc3-c3cccc4oc5ccccc5c34)c2N2c3ccccc3B3c4ccccc4N(c4c(-c5ccccc5-c5ccccc5)cccc4-c4ccccc4-c4cccc5oc6ccccc6c45)c4cccc2c43)cc1. The third kappa shape index (κ3) is 8.56. The monoisotopic (exact) mass is 1210 g/mol. The predicted octanol–water partition coefficient (Wildman–Crippen LogP) is 22.9. The molecule has 15 aromatic carbocycles. The Morgan fingerprint density at radius 3 is 0.895 bits per heavy atom. The molecule has 0 aliphatic carbocycles. The second kappa shape index (κ2) is 22.2. The summed E-state index contributed by atoms with van der Waals surface area (Å²) in [4.78, 5) is 5.24. The number of furan rings is 2. The fourth-order valence-electron chi connectivity index (χ4n) is 15.8. The summed E-state index contributed by atoms with van der Waals surface area (Å²) in [6.45, 7) is -0.140. The van der Waals surface area contributed by atoms with Gasteiger partial charge in [-0.2, -0.15) is 0 Å². The van der Waals surface area contributed by atoms with Gasteiger partial charge in [-0.1, -0.05) is 297 Å². The lowest BCUT2D eigenvalue weighted by molar-refractivity contribution is 0.668. The Balaban J connectivity index is 0.909. The van der Waals surface area contributed by atoms with Crippen LogP contribution in [0.1, 0.15) is 0 Å². The summed E-state index contributed by atoms with van der Waals surface area (Å²) < 4.78 is 13.2. The minimum Gasteiger partial charge on any atom is -0.456 e. The molecule has 0 saturated carbocycles. The number of rotatable bonds is 10. The van der Waals surface area contributed by atoms with Crippen molar-refractivity contribution >= 4 is 101 Å². The maximum absolute atomic E-state index is 6.62. The van der Waals surface area contributed by atoms with Crippen LogP contribution in [0.25, 0.3) is 133 Å². The van der Waals surface area contributed by atoms with Crippen LogP contribution in [0, 0.1) is 0 Å². The first-order valence-electron chi connectivity index (χ1n) is 32.7. The quantitative estimate of drug-likeness (QED) is 0.128. The van der Waals surface area contributed by atoms with Crippen LogP contribution in [-0.4, -0.2) is 6.71 Å². The zero-order valence-corrected chi connectivity index (χ0v) is 51.7. The van der Waals surface area contributed by atoms with Gasteiger partial charge in [0.2, 0.25) is 0 Å². The molecule has 442 valence electrons. The van der Waals surface area contributed by atoms with Crippen molar-refractivity contribution in [2.45, 2.75) is 0 Å². The zero-order chi connectivity index (χ0) is 62.5. The van der Waals surface area contributed by atoms with Crippen molar-refractivity contribution in [3.8, 4) is 89.0 Å². The Hall–Kier alpha value is -12.4. The van der Waals surface area contributed by atoms with E-state index in [1.807, 2.05) is 0 Å². The molecule has 4 nitrogen and oxygen atoms in total. The minimum absolute atomic E-state index is 0.140. The third-order valence-corrected chi connectivity index (χ3v) is 19.8. The van der Waals surface area contributed by atoms with Gasteiger partial charge in [-0.15, -0.1) is 0 Å². The van der Waals surface area contributed by atoms with E-state index in [0.717, 1.165) is 167 Å². The fraction of sp³-hybridized carbons (Fsp3) is 0. The standard InChI is InChI=1S/C90H57BN2O2/c1-3-28-58(29-4-1)60-32-7-9-34-62(60)70-44-23-46-72(66-38-13-11-36-64(66)68-42-25-56-84-86(68)74-40-15-21-54-82(74)94-84)89(70)92-78-50-19-17-48-76(78)91-77-49-18-20-51-79(77)93(81-53-27-52-80(92)88(81)91)90-71(63-35-10-8-33-61(63)59-30-5-2-6-31-59)45-24-47-73(90)67-39-14-12-37-65(67)69-43-26-57-85-87(69)75-41-16-22-55-83(75)95-85/h1-57H. The maximum atomic E-state index is 6.62. The largest absolute Gasteiger partial charge is 0.456 e. The molecule has 0 atom stereocenters. The van der Waals surface area contributed by atoms with E-state index in [9.17, 15) is 0 Å². The summed E-state index contributed by atoms with van der Waals surface area (Å²) in [6, 6.07) is 127. The van der Waals surface area contributed by atoms with Gasteiger partial charge >= 0.3 is 0 Å². The van der Waals surface area contributed by atoms with Crippen molar-refractivity contribution in [2.24, 2.45) is 0 Å². The molecule has 4 heterocycles. The van der Waals surface area contributed by atoms with Gasteiger partial charge in [0, 0.05) is 66.5 Å². The van der Waals surface area contributed by atoms with Crippen molar-refractivity contribution < 1.29 is 8.83 Å². The molecular weight excluding hydrogens is 1150 g/mol. The summed E-state index contributed by atoms with van der Waals surface area (Å²) in [7, 11) is 0. The molecule has 0 fully saturated rings. The second-order valence-corrected chi connectivity index (χ2v) is 24.8. The smallest absolute Gasteiger partial charge is 0.252 e. The van der Waals surface area contributed by atoms with Gasteiger partial charge < -0.3 is 18.6 Å². The molecule has 0 amide bonds. The van der Waals surface area contributed by atoms with Gasteiger partial charge in [0.15, 0.2) is 0 Å². The number of fused-ring (bicyclic) bond motifs is 10. The number of para-hydroxylation sites is 6. The summed E-state index contributed by atoms with van der Waals surface area (Å²) in [6.07, 6.45) is 0. The van der Waals surface area contributed by atoms with Crippen LogP contribution in [0.5, 0.6) is 0 Å². The summed E-state index contributed by atoms with van der Waals surface area (Å²) in [5.41, 5.74) is 31.9. The first-order valence-corrected chi connectivity index (χ1v) is 32.7.